The van der Waals surface area contributed by atoms with Crippen molar-refractivity contribution >= 4 is 23.4 Å². The molecule has 0 saturated carbocycles. The molecule has 0 bridgehead atoms. The van der Waals surface area contributed by atoms with Crippen molar-refractivity contribution in [2.24, 2.45) is 5.92 Å². The number of unbranched alkanes of at least 4 members (excludes halogenated alkanes) is 1. The van der Waals surface area contributed by atoms with Gasteiger partial charge in [0.15, 0.2) is 5.78 Å². The summed E-state index contributed by atoms with van der Waals surface area (Å²) < 4.78 is 18.4. The molecule has 1 rings (SSSR count). The Labute approximate surface area is 123 Å². The SMILES string of the molecule is CCCCC(C(=O)Cc1cccc(Cl)c1F)C(=O)OC. The Morgan fingerprint density at radius 1 is 1.40 bits per heavy atom. The van der Waals surface area contributed by atoms with Gasteiger partial charge < -0.3 is 4.74 Å². The largest absolute Gasteiger partial charge is 0.468 e. The third kappa shape index (κ3) is 4.30. The molecule has 0 heterocycles. The third-order valence-electron chi connectivity index (χ3n) is 3.12. The van der Waals surface area contributed by atoms with Gasteiger partial charge in [-0.3, -0.25) is 9.59 Å². The lowest BCUT2D eigenvalue weighted by Crippen LogP contribution is -2.27. The second-order valence-corrected chi connectivity index (χ2v) is 4.98. The second kappa shape index (κ2) is 8.00. The van der Waals surface area contributed by atoms with Crippen LogP contribution in [0.1, 0.15) is 31.7 Å². The highest BCUT2D eigenvalue weighted by molar-refractivity contribution is 6.30. The molecule has 0 aliphatic carbocycles. The Morgan fingerprint density at radius 2 is 2.10 bits per heavy atom. The summed E-state index contributed by atoms with van der Waals surface area (Å²) in [6.07, 6.45) is 1.87. The average Bonchev–Trinajstić information content (AvgIpc) is 2.44. The fraction of sp³-hybridized carbons (Fsp3) is 0.467. The van der Waals surface area contributed by atoms with Gasteiger partial charge in [-0.1, -0.05) is 43.5 Å². The van der Waals surface area contributed by atoms with E-state index in [1.54, 1.807) is 6.07 Å². The van der Waals surface area contributed by atoms with E-state index in [1.807, 2.05) is 6.92 Å². The van der Waals surface area contributed by atoms with Gasteiger partial charge in [0, 0.05) is 6.42 Å². The molecule has 0 N–H and O–H groups in total. The maximum atomic E-state index is 13.8. The quantitative estimate of drug-likeness (QED) is 0.571. The monoisotopic (exact) mass is 300 g/mol. The number of methoxy groups -OCH3 is 1. The van der Waals surface area contributed by atoms with Crippen LogP contribution < -0.4 is 0 Å². The zero-order chi connectivity index (χ0) is 15.1. The van der Waals surface area contributed by atoms with Gasteiger partial charge in [0.1, 0.15) is 11.7 Å². The van der Waals surface area contributed by atoms with Gasteiger partial charge in [-0.05, 0) is 18.1 Å². The molecule has 0 aliphatic heterocycles. The molecule has 0 aliphatic rings. The number of esters is 1. The van der Waals surface area contributed by atoms with E-state index in [1.165, 1.54) is 19.2 Å². The van der Waals surface area contributed by atoms with Crippen molar-refractivity contribution in [3.8, 4) is 0 Å². The van der Waals surface area contributed by atoms with E-state index in [2.05, 4.69) is 4.74 Å². The van der Waals surface area contributed by atoms with E-state index in [9.17, 15) is 14.0 Å². The molecule has 1 aromatic rings. The number of ketones is 1. The summed E-state index contributed by atoms with van der Waals surface area (Å²) >= 11 is 5.67. The van der Waals surface area contributed by atoms with Crippen molar-refractivity contribution in [2.45, 2.75) is 32.6 Å². The first-order valence-corrected chi connectivity index (χ1v) is 6.92. The zero-order valence-electron chi connectivity index (χ0n) is 11.6. The van der Waals surface area contributed by atoms with Gasteiger partial charge in [-0.15, -0.1) is 0 Å². The lowest BCUT2D eigenvalue weighted by molar-refractivity contribution is -0.149. The number of hydrogen-bond donors (Lipinski definition) is 0. The molecule has 0 fully saturated rings. The van der Waals surface area contributed by atoms with Crippen molar-refractivity contribution < 1.29 is 18.7 Å². The number of carbonyl (C=O) groups is 2. The Hall–Kier alpha value is -1.42. The van der Waals surface area contributed by atoms with Crippen LogP contribution in [0.2, 0.25) is 5.02 Å². The summed E-state index contributed by atoms with van der Waals surface area (Å²) in [5, 5.41) is -0.0292. The number of Topliss-reactive ketones (excluding diaryl/α,β-unsaturated/α-hetero) is 1. The molecule has 110 valence electrons. The summed E-state index contributed by atoms with van der Waals surface area (Å²) in [5.74, 6) is -2.35. The Bertz CT molecular complexity index is 488. The topological polar surface area (TPSA) is 43.4 Å². The average molecular weight is 301 g/mol. The minimum absolute atomic E-state index is 0.0292. The van der Waals surface area contributed by atoms with Crippen LogP contribution in [0.4, 0.5) is 4.39 Å². The predicted octanol–water partition coefficient (Wildman–Crippen LogP) is 3.57. The van der Waals surface area contributed by atoms with Gasteiger partial charge in [0.2, 0.25) is 0 Å². The summed E-state index contributed by atoms with van der Waals surface area (Å²) in [6.45, 7) is 1.97. The van der Waals surface area contributed by atoms with Crippen molar-refractivity contribution in [1.82, 2.24) is 0 Å². The van der Waals surface area contributed by atoms with Crippen LogP contribution in [0.25, 0.3) is 0 Å². The van der Waals surface area contributed by atoms with E-state index in [0.717, 1.165) is 12.8 Å². The first kappa shape index (κ1) is 16.6. The van der Waals surface area contributed by atoms with E-state index < -0.39 is 17.7 Å². The number of halogens is 2. The van der Waals surface area contributed by atoms with Crippen molar-refractivity contribution in [3.05, 3.63) is 34.6 Å². The number of benzene rings is 1. The fourth-order valence-corrected chi connectivity index (χ4v) is 2.15. The third-order valence-corrected chi connectivity index (χ3v) is 3.41. The number of rotatable bonds is 7. The first-order chi connectivity index (χ1) is 9.51. The highest BCUT2D eigenvalue weighted by Crippen LogP contribution is 2.21. The highest BCUT2D eigenvalue weighted by Gasteiger charge is 2.27. The fourth-order valence-electron chi connectivity index (χ4n) is 1.96. The standard InChI is InChI=1S/C15H18ClFO3/c1-3-4-7-11(15(19)20-2)13(18)9-10-6-5-8-12(16)14(10)17/h5-6,8,11H,3-4,7,9H2,1-2H3. The molecule has 0 spiro atoms. The van der Waals surface area contributed by atoms with E-state index in [0.29, 0.717) is 6.42 Å². The van der Waals surface area contributed by atoms with Crippen LogP contribution in [-0.4, -0.2) is 18.9 Å². The molecule has 1 unspecified atom stereocenters. The van der Waals surface area contributed by atoms with Crippen molar-refractivity contribution in [1.29, 1.82) is 0 Å². The minimum atomic E-state index is -0.835. The molecule has 20 heavy (non-hydrogen) atoms. The van der Waals surface area contributed by atoms with Gasteiger partial charge >= 0.3 is 5.97 Å². The maximum Gasteiger partial charge on any atom is 0.316 e. The summed E-state index contributed by atoms with van der Waals surface area (Å²) in [7, 11) is 1.24. The molecule has 5 heteroatoms. The molecule has 0 saturated heterocycles. The molecule has 1 atom stereocenters. The zero-order valence-corrected chi connectivity index (χ0v) is 12.4. The van der Waals surface area contributed by atoms with Gasteiger partial charge in [-0.25, -0.2) is 4.39 Å². The van der Waals surface area contributed by atoms with Gasteiger partial charge in [-0.2, -0.15) is 0 Å². The molecular formula is C15H18ClFO3. The summed E-state index contributed by atoms with van der Waals surface area (Å²) in [5.41, 5.74) is 0.202. The Morgan fingerprint density at radius 3 is 2.70 bits per heavy atom. The van der Waals surface area contributed by atoms with Crippen LogP contribution in [0.5, 0.6) is 0 Å². The maximum absolute atomic E-state index is 13.8. The molecule has 0 radical (unpaired) electrons. The predicted molar refractivity (Wildman–Crippen MR) is 75.2 cm³/mol. The lowest BCUT2D eigenvalue weighted by Gasteiger charge is -2.13. The second-order valence-electron chi connectivity index (χ2n) is 4.57. The normalized spacial score (nSPS) is 12.0. The smallest absolute Gasteiger partial charge is 0.316 e. The van der Waals surface area contributed by atoms with E-state index in [-0.39, 0.29) is 22.8 Å². The van der Waals surface area contributed by atoms with E-state index in [4.69, 9.17) is 11.6 Å². The first-order valence-electron chi connectivity index (χ1n) is 6.54. The Balaban J connectivity index is 2.84. The molecule has 1 aromatic carbocycles. The van der Waals surface area contributed by atoms with Crippen LogP contribution in [0.3, 0.4) is 0 Å². The molecule has 0 amide bonds. The van der Waals surface area contributed by atoms with Crippen LogP contribution in [-0.2, 0) is 20.7 Å². The number of hydrogen-bond acceptors (Lipinski definition) is 3. The van der Waals surface area contributed by atoms with Crippen molar-refractivity contribution in [3.63, 3.8) is 0 Å². The van der Waals surface area contributed by atoms with Crippen LogP contribution in [0.15, 0.2) is 18.2 Å². The highest BCUT2D eigenvalue weighted by atomic mass is 35.5. The van der Waals surface area contributed by atoms with E-state index >= 15 is 0 Å². The molecule has 3 nitrogen and oxygen atoms in total. The lowest BCUT2D eigenvalue weighted by atomic mass is 9.93. The van der Waals surface area contributed by atoms with Gasteiger partial charge in [0.25, 0.3) is 0 Å². The summed E-state index contributed by atoms with van der Waals surface area (Å²) in [6, 6.07) is 4.49. The molecule has 0 aromatic heterocycles. The Kier molecular flexibility index (Phi) is 6.65. The number of carbonyl (C=O) groups excluding carboxylic acids is 2. The van der Waals surface area contributed by atoms with Crippen molar-refractivity contribution in [2.75, 3.05) is 7.11 Å². The summed E-state index contributed by atoms with van der Waals surface area (Å²) in [4.78, 5) is 23.8. The number of ether oxygens (including phenoxy) is 1. The van der Waals surface area contributed by atoms with Gasteiger partial charge in [0.05, 0.1) is 12.1 Å². The minimum Gasteiger partial charge on any atom is -0.468 e. The molecular weight excluding hydrogens is 283 g/mol. The van der Waals surface area contributed by atoms with Crippen LogP contribution in [0, 0.1) is 11.7 Å². The van der Waals surface area contributed by atoms with Crippen LogP contribution >= 0.6 is 11.6 Å².